The van der Waals surface area contributed by atoms with E-state index in [2.05, 4.69) is 44.8 Å². The summed E-state index contributed by atoms with van der Waals surface area (Å²) < 4.78 is 0. The van der Waals surface area contributed by atoms with Crippen molar-refractivity contribution in [2.45, 2.75) is 66.3 Å². The molecule has 3 heteroatoms. The molecule has 0 aromatic carbocycles. The molecule has 3 nitrogen and oxygen atoms in total. The van der Waals surface area contributed by atoms with Crippen molar-refractivity contribution in [2.75, 3.05) is 19.6 Å². The molecule has 1 fully saturated rings. The second-order valence-electron chi connectivity index (χ2n) is 7.31. The second-order valence-corrected chi connectivity index (χ2v) is 7.31. The highest BCUT2D eigenvalue weighted by Crippen LogP contribution is 2.26. The molecular formula is C16H32N2O. The molecule has 1 saturated heterocycles. The molecule has 1 aliphatic heterocycles. The molecule has 2 unspecified atom stereocenters. The maximum atomic E-state index is 12.3. The normalized spacial score (nSPS) is 22.4. The van der Waals surface area contributed by atoms with E-state index in [0.717, 1.165) is 32.5 Å². The quantitative estimate of drug-likeness (QED) is 0.831. The smallest absolute Gasteiger partial charge is 0.222 e. The molecule has 0 saturated carbocycles. The number of likely N-dealkylation sites (N-methyl/N-ethyl adjacent to an activating group) is 1. The first-order valence-electron chi connectivity index (χ1n) is 7.83. The highest BCUT2D eigenvalue weighted by Gasteiger charge is 2.25. The zero-order chi connectivity index (χ0) is 14.5. The van der Waals surface area contributed by atoms with E-state index in [1.54, 1.807) is 0 Å². The fraction of sp³-hybridized carbons (Fsp3) is 0.938. The second kappa shape index (κ2) is 7.28. The lowest BCUT2D eigenvalue weighted by molar-refractivity contribution is -0.133. The van der Waals surface area contributed by atoms with Gasteiger partial charge in [-0.05, 0) is 37.1 Å². The van der Waals surface area contributed by atoms with Crippen molar-refractivity contribution in [1.82, 2.24) is 10.2 Å². The fourth-order valence-electron chi connectivity index (χ4n) is 3.20. The molecule has 0 aromatic heterocycles. The maximum absolute atomic E-state index is 12.3. The van der Waals surface area contributed by atoms with Crippen LogP contribution in [0.2, 0.25) is 0 Å². The largest absolute Gasteiger partial charge is 0.341 e. The van der Waals surface area contributed by atoms with Crippen LogP contribution in [0.15, 0.2) is 0 Å². The van der Waals surface area contributed by atoms with Crippen LogP contribution in [-0.4, -0.2) is 36.5 Å². The van der Waals surface area contributed by atoms with Gasteiger partial charge in [0.1, 0.15) is 0 Å². The van der Waals surface area contributed by atoms with E-state index in [1.165, 1.54) is 6.42 Å². The van der Waals surface area contributed by atoms with Crippen LogP contribution in [0.3, 0.4) is 0 Å². The van der Waals surface area contributed by atoms with E-state index in [4.69, 9.17) is 0 Å². The van der Waals surface area contributed by atoms with Gasteiger partial charge in [-0.25, -0.2) is 0 Å². The highest BCUT2D eigenvalue weighted by atomic mass is 16.2. The number of rotatable bonds is 5. The minimum absolute atomic E-state index is 0.313. The van der Waals surface area contributed by atoms with Crippen LogP contribution in [0, 0.1) is 11.3 Å². The average molecular weight is 268 g/mol. The lowest BCUT2D eigenvalue weighted by Crippen LogP contribution is -2.48. The van der Waals surface area contributed by atoms with Crippen LogP contribution in [0.1, 0.15) is 60.3 Å². The molecule has 112 valence electrons. The predicted octanol–water partition coefficient (Wildman–Crippen LogP) is 3.05. The summed E-state index contributed by atoms with van der Waals surface area (Å²) >= 11 is 0. The Morgan fingerprint density at radius 2 is 2.11 bits per heavy atom. The first kappa shape index (κ1) is 16.5. The van der Waals surface area contributed by atoms with Gasteiger partial charge in [0.05, 0.1) is 0 Å². The van der Waals surface area contributed by atoms with Gasteiger partial charge >= 0.3 is 0 Å². The Hall–Kier alpha value is -0.570. The van der Waals surface area contributed by atoms with Crippen molar-refractivity contribution in [3.05, 3.63) is 0 Å². The standard InChI is InChI=1S/C16H32N2O/c1-6-17-14-8-7-9-18(12-14)15(19)10-13(2)11-16(3,4)5/h13-14,17H,6-12H2,1-5H3. The Bertz CT molecular complexity index is 281. The molecule has 0 radical (unpaired) electrons. The Balaban J connectivity index is 2.40. The molecule has 1 heterocycles. The Labute approximate surface area is 119 Å². The molecule has 1 aliphatic rings. The summed E-state index contributed by atoms with van der Waals surface area (Å²) in [5, 5.41) is 3.47. The van der Waals surface area contributed by atoms with Gasteiger partial charge in [-0.1, -0.05) is 34.6 Å². The van der Waals surface area contributed by atoms with Crippen molar-refractivity contribution in [3.8, 4) is 0 Å². The van der Waals surface area contributed by atoms with Crippen molar-refractivity contribution in [2.24, 2.45) is 11.3 Å². The molecule has 1 rings (SSSR count). The third-order valence-electron chi connectivity index (χ3n) is 3.75. The van der Waals surface area contributed by atoms with Gasteiger partial charge < -0.3 is 10.2 Å². The summed E-state index contributed by atoms with van der Waals surface area (Å²) in [7, 11) is 0. The summed E-state index contributed by atoms with van der Waals surface area (Å²) in [6, 6.07) is 0.501. The van der Waals surface area contributed by atoms with Crippen molar-refractivity contribution in [1.29, 1.82) is 0 Å². The topological polar surface area (TPSA) is 32.3 Å². The summed E-state index contributed by atoms with van der Waals surface area (Å²) in [5.41, 5.74) is 0.313. The summed E-state index contributed by atoms with van der Waals surface area (Å²) in [4.78, 5) is 14.4. The molecule has 1 amide bonds. The fourth-order valence-corrected chi connectivity index (χ4v) is 3.20. The lowest BCUT2D eigenvalue weighted by atomic mass is 9.84. The third-order valence-corrected chi connectivity index (χ3v) is 3.75. The van der Waals surface area contributed by atoms with Gasteiger partial charge in [0.15, 0.2) is 0 Å². The van der Waals surface area contributed by atoms with E-state index in [-0.39, 0.29) is 0 Å². The number of likely N-dealkylation sites (tertiary alicyclic amines) is 1. The van der Waals surface area contributed by atoms with Crippen LogP contribution in [0.5, 0.6) is 0 Å². The number of carbonyl (C=O) groups excluding carboxylic acids is 1. The van der Waals surface area contributed by atoms with Gasteiger partial charge in [-0.2, -0.15) is 0 Å². The molecular weight excluding hydrogens is 236 g/mol. The SMILES string of the molecule is CCNC1CCCN(C(=O)CC(C)CC(C)(C)C)C1. The molecule has 1 N–H and O–H groups in total. The third kappa shape index (κ3) is 6.42. The van der Waals surface area contributed by atoms with Gasteiger partial charge in [0.25, 0.3) is 0 Å². The van der Waals surface area contributed by atoms with Crippen molar-refractivity contribution < 1.29 is 4.79 Å². The van der Waals surface area contributed by atoms with Crippen LogP contribution in [-0.2, 0) is 4.79 Å². The first-order chi connectivity index (χ1) is 8.81. The zero-order valence-electron chi connectivity index (χ0n) is 13.5. The molecule has 0 spiro atoms. The van der Waals surface area contributed by atoms with E-state index in [9.17, 15) is 4.79 Å². The molecule has 19 heavy (non-hydrogen) atoms. The minimum atomic E-state index is 0.313. The number of carbonyl (C=O) groups is 1. The summed E-state index contributed by atoms with van der Waals surface area (Å²) in [5.74, 6) is 0.825. The van der Waals surface area contributed by atoms with E-state index in [1.807, 2.05) is 0 Å². The number of piperidine rings is 1. The van der Waals surface area contributed by atoms with Crippen LogP contribution in [0.4, 0.5) is 0 Å². The number of hydrogen-bond acceptors (Lipinski definition) is 2. The number of hydrogen-bond donors (Lipinski definition) is 1. The highest BCUT2D eigenvalue weighted by molar-refractivity contribution is 5.76. The Kier molecular flexibility index (Phi) is 6.31. The van der Waals surface area contributed by atoms with Gasteiger partial charge in [-0.3, -0.25) is 4.79 Å². The molecule has 0 bridgehead atoms. The van der Waals surface area contributed by atoms with Gasteiger partial charge in [0.2, 0.25) is 5.91 Å². The average Bonchev–Trinajstić information content (AvgIpc) is 2.27. The Morgan fingerprint density at radius 3 is 2.68 bits per heavy atom. The van der Waals surface area contributed by atoms with Crippen molar-refractivity contribution in [3.63, 3.8) is 0 Å². The van der Waals surface area contributed by atoms with Crippen LogP contribution in [0.25, 0.3) is 0 Å². The molecule has 0 aliphatic carbocycles. The maximum Gasteiger partial charge on any atom is 0.222 e. The van der Waals surface area contributed by atoms with Gasteiger partial charge in [-0.15, -0.1) is 0 Å². The summed E-state index contributed by atoms with van der Waals surface area (Å²) in [6.45, 7) is 13.9. The molecule has 0 aromatic rings. The van der Waals surface area contributed by atoms with Crippen molar-refractivity contribution >= 4 is 5.91 Å². The van der Waals surface area contributed by atoms with E-state index in [0.29, 0.717) is 29.7 Å². The minimum Gasteiger partial charge on any atom is -0.341 e. The number of amides is 1. The predicted molar refractivity (Wildman–Crippen MR) is 81.1 cm³/mol. The van der Waals surface area contributed by atoms with Gasteiger partial charge in [0, 0.05) is 25.6 Å². The van der Waals surface area contributed by atoms with E-state index < -0.39 is 0 Å². The number of nitrogens with zero attached hydrogens (tertiary/aromatic N) is 1. The molecule has 2 atom stereocenters. The monoisotopic (exact) mass is 268 g/mol. The Morgan fingerprint density at radius 1 is 1.42 bits per heavy atom. The van der Waals surface area contributed by atoms with Crippen LogP contribution >= 0.6 is 0 Å². The number of nitrogens with one attached hydrogen (secondary N) is 1. The first-order valence-corrected chi connectivity index (χ1v) is 7.83. The zero-order valence-corrected chi connectivity index (χ0v) is 13.5. The summed E-state index contributed by atoms with van der Waals surface area (Å²) in [6.07, 6.45) is 4.16. The van der Waals surface area contributed by atoms with Crippen LogP contribution < -0.4 is 5.32 Å². The lowest BCUT2D eigenvalue weighted by Gasteiger charge is -2.34. The van der Waals surface area contributed by atoms with E-state index >= 15 is 0 Å².